The fourth-order valence-electron chi connectivity index (χ4n) is 3.54. The minimum Gasteiger partial charge on any atom is -0.410 e. The molecule has 1 aromatic carbocycles. The molecule has 1 saturated heterocycles. The molecule has 33 heavy (non-hydrogen) atoms. The van der Waals surface area contributed by atoms with Gasteiger partial charge in [-0.25, -0.2) is 28.5 Å². The molecule has 0 bridgehead atoms. The number of nitrogens with two attached hydrogens (primary N) is 1. The summed E-state index contributed by atoms with van der Waals surface area (Å²) in [6.45, 7) is 1.28. The molecule has 1 aliphatic rings. The van der Waals surface area contributed by atoms with Crippen LogP contribution in [0.5, 0.6) is 5.75 Å². The van der Waals surface area contributed by atoms with E-state index in [0.29, 0.717) is 43.0 Å². The first-order valence-electron chi connectivity index (χ1n) is 10.3. The van der Waals surface area contributed by atoms with Crippen molar-refractivity contribution in [1.29, 1.82) is 0 Å². The SMILES string of the molecule is C#CCn1cnc2c(N)nc(C#CCC3CCN(C(=O)Oc4ccc(F)c(F)c4)CC3)nc21. The average Bonchev–Trinajstić information content (AvgIpc) is 3.20. The molecule has 2 N–H and O–H groups in total. The van der Waals surface area contributed by atoms with E-state index >= 15 is 0 Å². The number of halogens is 2. The van der Waals surface area contributed by atoms with Gasteiger partial charge < -0.3 is 19.9 Å². The van der Waals surface area contributed by atoms with E-state index in [9.17, 15) is 13.6 Å². The van der Waals surface area contributed by atoms with Crippen LogP contribution in [0, 0.1) is 41.7 Å². The Labute approximate surface area is 188 Å². The molecule has 1 amide bonds. The Bertz CT molecular complexity index is 1300. The highest BCUT2D eigenvalue weighted by atomic mass is 19.2. The number of nitrogens with zero attached hydrogens (tertiary/aromatic N) is 5. The lowest BCUT2D eigenvalue weighted by Crippen LogP contribution is -2.40. The number of hydrogen-bond acceptors (Lipinski definition) is 6. The molecular weight excluding hydrogens is 430 g/mol. The van der Waals surface area contributed by atoms with Crippen LogP contribution in [0.25, 0.3) is 11.2 Å². The van der Waals surface area contributed by atoms with E-state index in [2.05, 4.69) is 32.7 Å². The van der Waals surface area contributed by atoms with Gasteiger partial charge in [0.25, 0.3) is 0 Å². The molecule has 3 heterocycles. The van der Waals surface area contributed by atoms with Crippen molar-refractivity contribution >= 4 is 23.1 Å². The number of anilines is 1. The zero-order valence-electron chi connectivity index (χ0n) is 17.6. The van der Waals surface area contributed by atoms with E-state index in [1.54, 1.807) is 10.9 Å². The summed E-state index contributed by atoms with van der Waals surface area (Å²) in [5.74, 6) is 7.30. The summed E-state index contributed by atoms with van der Waals surface area (Å²) in [5, 5.41) is 0. The molecule has 10 heteroatoms. The van der Waals surface area contributed by atoms with Crippen LogP contribution in [0.3, 0.4) is 0 Å². The van der Waals surface area contributed by atoms with Crippen molar-refractivity contribution in [2.24, 2.45) is 5.92 Å². The fourth-order valence-corrected chi connectivity index (χ4v) is 3.54. The van der Waals surface area contributed by atoms with Gasteiger partial charge in [-0.1, -0.05) is 11.8 Å². The molecule has 8 nitrogen and oxygen atoms in total. The number of amides is 1. The maximum atomic E-state index is 13.3. The van der Waals surface area contributed by atoms with Crippen LogP contribution < -0.4 is 10.5 Å². The first-order chi connectivity index (χ1) is 15.9. The van der Waals surface area contributed by atoms with Gasteiger partial charge in [-0.2, -0.15) is 0 Å². The minimum absolute atomic E-state index is 0.0354. The van der Waals surface area contributed by atoms with Crippen molar-refractivity contribution in [3.63, 3.8) is 0 Å². The van der Waals surface area contributed by atoms with E-state index in [0.717, 1.165) is 25.0 Å². The summed E-state index contributed by atoms with van der Waals surface area (Å²) in [5.41, 5.74) is 6.98. The Kier molecular flexibility index (Phi) is 6.36. The van der Waals surface area contributed by atoms with Gasteiger partial charge in [-0.3, -0.25) is 0 Å². The van der Waals surface area contributed by atoms with E-state index in [1.807, 2.05) is 0 Å². The zero-order valence-corrected chi connectivity index (χ0v) is 17.6. The highest BCUT2D eigenvalue weighted by Crippen LogP contribution is 2.22. The van der Waals surface area contributed by atoms with Crippen molar-refractivity contribution in [1.82, 2.24) is 24.4 Å². The maximum Gasteiger partial charge on any atom is 0.415 e. The van der Waals surface area contributed by atoms with Crippen LogP contribution in [-0.4, -0.2) is 43.6 Å². The molecule has 0 saturated carbocycles. The zero-order chi connectivity index (χ0) is 23.4. The first-order valence-corrected chi connectivity index (χ1v) is 10.3. The van der Waals surface area contributed by atoms with Gasteiger partial charge >= 0.3 is 6.09 Å². The molecule has 4 rings (SSSR count). The first kappa shape index (κ1) is 22.0. The highest BCUT2D eigenvalue weighted by Gasteiger charge is 2.24. The normalized spacial score (nSPS) is 13.9. The third-order valence-electron chi connectivity index (χ3n) is 5.31. The number of ether oxygens (including phenoxy) is 1. The monoisotopic (exact) mass is 450 g/mol. The Morgan fingerprint density at radius 3 is 2.76 bits per heavy atom. The lowest BCUT2D eigenvalue weighted by Gasteiger charge is -2.30. The van der Waals surface area contributed by atoms with E-state index in [-0.39, 0.29) is 17.5 Å². The second kappa shape index (κ2) is 9.53. The number of likely N-dealkylation sites (tertiary alicyclic amines) is 1. The molecule has 0 radical (unpaired) electrons. The van der Waals surface area contributed by atoms with Crippen LogP contribution in [-0.2, 0) is 6.54 Å². The minimum atomic E-state index is -1.07. The molecule has 168 valence electrons. The van der Waals surface area contributed by atoms with E-state index in [4.69, 9.17) is 16.9 Å². The number of benzene rings is 1. The standard InChI is InChI=1S/C23H20F2N6O2/c1-2-10-31-14-27-20-21(26)28-19(29-22(20)31)5-3-4-15-8-11-30(12-9-15)23(32)33-16-6-7-17(24)18(25)13-16/h1,6-7,13-15H,4,8-12H2,(H2,26,28,29). The largest absolute Gasteiger partial charge is 0.415 e. The number of carbonyl (C=O) groups excluding carboxylic acids is 1. The molecule has 3 aromatic rings. The number of aromatic nitrogens is 4. The van der Waals surface area contributed by atoms with Crippen molar-refractivity contribution in [2.45, 2.75) is 25.8 Å². The molecule has 1 aliphatic heterocycles. The fraction of sp³-hybridized carbons (Fsp3) is 0.304. The quantitative estimate of drug-likeness (QED) is 0.616. The van der Waals surface area contributed by atoms with Crippen molar-refractivity contribution in [2.75, 3.05) is 18.8 Å². The van der Waals surface area contributed by atoms with Gasteiger partial charge in [0, 0.05) is 25.6 Å². The molecule has 0 aliphatic carbocycles. The third kappa shape index (κ3) is 5.01. The Hall–Kier alpha value is -4.18. The summed E-state index contributed by atoms with van der Waals surface area (Å²) in [6, 6.07) is 2.98. The number of hydrogen-bond donors (Lipinski definition) is 1. The highest BCUT2D eigenvalue weighted by molar-refractivity contribution is 5.82. The Morgan fingerprint density at radius 2 is 2.03 bits per heavy atom. The van der Waals surface area contributed by atoms with Crippen LogP contribution >= 0.6 is 0 Å². The van der Waals surface area contributed by atoms with Gasteiger partial charge in [0.2, 0.25) is 5.82 Å². The molecule has 1 fully saturated rings. The van der Waals surface area contributed by atoms with Crippen molar-refractivity contribution in [3.05, 3.63) is 42.0 Å². The predicted octanol–water partition coefficient (Wildman–Crippen LogP) is 2.97. The summed E-state index contributed by atoms with van der Waals surface area (Å²) in [7, 11) is 0. The summed E-state index contributed by atoms with van der Waals surface area (Å²) >= 11 is 0. The molecule has 0 unspecified atom stereocenters. The van der Waals surface area contributed by atoms with Crippen molar-refractivity contribution < 1.29 is 18.3 Å². The molecule has 0 atom stereocenters. The lowest BCUT2D eigenvalue weighted by atomic mass is 9.94. The topological polar surface area (TPSA) is 99.2 Å². The van der Waals surface area contributed by atoms with Gasteiger partial charge in [0.05, 0.1) is 12.9 Å². The van der Waals surface area contributed by atoms with Gasteiger partial charge in [0.15, 0.2) is 23.1 Å². The molecule has 2 aromatic heterocycles. The number of carbonyl (C=O) groups is 1. The van der Waals surface area contributed by atoms with Crippen LogP contribution in [0.4, 0.5) is 19.4 Å². The van der Waals surface area contributed by atoms with E-state index < -0.39 is 17.7 Å². The van der Waals surface area contributed by atoms with Gasteiger partial charge in [-0.15, -0.1) is 6.42 Å². The second-order valence-electron chi connectivity index (χ2n) is 7.56. The number of rotatable bonds is 3. The number of terminal acetylenes is 1. The third-order valence-corrected chi connectivity index (χ3v) is 5.31. The Balaban J connectivity index is 1.32. The molecule has 0 spiro atoms. The number of fused-ring (bicyclic) bond motifs is 1. The van der Waals surface area contributed by atoms with Crippen LogP contribution in [0.2, 0.25) is 0 Å². The van der Waals surface area contributed by atoms with Crippen LogP contribution in [0.1, 0.15) is 25.1 Å². The number of imidazole rings is 1. The molecular formula is C23H20F2N6O2. The van der Waals surface area contributed by atoms with Gasteiger partial charge in [-0.05, 0) is 36.8 Å². The van der Waals surface area contributed by atoms with Crippen LogP contribution in [0.15, 0.2) is 24.5 Å². The average molecular weight is 450 g/mol. The second-order valence-corrected chi connectivity index (χ2v) is 7.56. The summed E-state index contributed by atoms with van der Waals surface area (Å²) < 4.78 is 33.1. The summed E-state index contributed by atoms with van der Waals surface area (Å²) in [4.78, 5) is 26.6. The van der Waals surface area contributed by atoms with Crippen molar-refractivity contribution in [3.8, 4) is 29.9 Å². The number of nitrogen functional groups attached to an aromatic ring is 1. The van der Waals surface area contributed by atoms with Gasteiger partial charge in [0.1, 0.15) is 11.3 Å². The lowest BCUT2D eigenvalue weighted by molar-refractivity contribution is 0.131. The predicted molar refractivity (Wildman–Crippen MR) is 117 cm³/mol. The van der Waals surface area contributed by atoms with E-state index in [1.165, 1.54) is 11.0 Å². The smallest absolute Gasteiger partial charge is 0.410 e. The Morgan fingerprint density at radius 1 is 1.24 bits per heavy atom. The number of piperidine rings is 1. The summed E-state index contributed by atoms with van der Waals surface area (Å²) in [6.07, 6.45) is 8.42. The maximum absolute atomic E-state index is 13.3.